The number of pyridine rings is 1. The highest BCUT2D eigenvalue weighted by Gasteiger charge is 2.12. The zero-order valence-electron chi connectivity index (χ0n) is 14.3. The maximum atomic E-state index is 11.2. The molecule has 0 aliphatic carbocycles. The van der Waals surface area contributed by atoms with Gasteiger partial charge in [-0.3, -0.25) is 0 Å². The maximum absolute atomic E-state index is 11.2. The van der Waals surface area contributed by atoms with E-state index in [-0.39, 0.29) is 17.1 Å². The van der Waals surface area contributed by atoms with E-state index in [1.165, 1.54) is 18.2 Å². The molecule has 0 saturated heterocycles. The number of carbonyl (C=O) groups is 1. The molecule has 3 rings (SSSR count). The summed E-state index contributed by atoms with van der Waals surface area (Å²) in [7, 11) is 1.58. The first kappa shape index (κ1) is 17.8. The summed E-state index contributed by atoms with van der Waals surface area (Å²) in [5.41, 5.74) is 1.92. The zero-order valence-corrected chi connectivity index (χ0v) is 14.3. The highest BCUT2D eigenvalue weighted by Crippen LogP contribution is 2.27. The van der Waals surface area contributed by atoms with Gasteiger partial charge >= 0.3 is 5.97 Å². The molecule has 0 bridgehead atoms. The van der Waals surface area contributed by atoms with Crippen molar-refractivity contribution in [3.8, 4) is 28.8 Å². The molecule has 0 amide bonds. The van der Waals surface area contributed by atoms with Crippen LogP contribution in [0.25, 0.3) is 11.3 Å². The van der Waals surface area contributed by atoms with Crippen molar-refractivity contribution in [2.75, 3.05) is 12.4 Å². The number of aromatic hydroxyl groups is 1. The second-order valence-corrected chi connectivity index (χ2v) is 5.60. The van der Waals surface area contributed by atoms with E-state index in [1.54, 1.807) is 31.4 Å². The third-order valence-corrected chi connectivity index (χ3v) is 3.89. The molecule has 2 aromatic carbocycles. The van der Waals surface area contributed by atoms with Crippen LogP contribution >= 0.6 is 0 Å². The molecule has 134 valence electrons. The molecule has 0 aliphatic heterocycles. The van der Waals surface area contributed by atoms with Gasteiger partial charge in [0.15, 0.2) is 0 Å². The fourth-order valence-electron chi connectivity index (χ4n) is 2.49. The first-order valence-electron chi connectivity index (χ1n) is 7.90. The number of aromatic nitrogens is 1. The number of aromatic carboxylic acids is 1. The van der Waals surface area contributed by atoms with Crippen molar-refractivity contribution in [1.82, 2.24) is 4.98 Å². The van der Waals surface area contributed by atoms with Crippen LogP contribution in [0.2, 0.25) is 0 Å². The fraction of sp³-hybridized carbons (Fsp3) is 0.0500. The minimum atomic E-state index is -1.25. The van der Waals surface area contributed by atoms with Gasteiger partial charge in [0.2, 0.25) is 0 Å². The Morgan fingerprint density at radius 2 is 1.89 bits per heavy atom. The molecule has 3 aromatic rings. The summed E-state index contributed by atoms with van der Waals surface area (Å²) < 4.78 is 5.14. The molecule has 0 atom stereocenters. The Kier molecular flexibility index (Phi) is 4.90. The van der Waals surface area contributed by atoms with Crippen LogP contribution in [0.4, 0.5) is 11.5 Å². The second kappa shape index (κ2) is 7.45. The first-order chi connectivity index (χ1) is 13.0. The van der Waals surface area contributed by atoms with Gasteiger partial charge in [-0.2, -0.15) is 5.26 Å². The molecule has 27 heavy (non-hydrogen) atoms. The number of rotatable bonds is 5. The van der Waals surface area contributed by atoms with Crippen molar-refractivity contribution in [3.63, 3.8) is 0 Å². The summed E-state index contributed by atoms with van der Waals surface area (Å²) in [6, 6.07) is 16.8. The van der Waals surface area contributed by atoms with Crippen LogP contribution in [-0.2, 0) is 0 Å². The molecule has 7 nitrogen and oxygen atoms in total. The van der Waals surface area contributed by atoms with Crippen LogP contribution in [-0.4, -0.2) is 28.3 Å². The maximum Gasteiger partial charge on any atom is 0.339 e. The van der Waals surface area contributed by atoms with Gasteiger partial charge in [-0.05, 0) is 54.6 Å². The van der Waals surface area contributed by atoms with Gasteiger partial charge in [0.1, 0.15) is 28.9 Å². The summed E-state index contributed by atoms with van der Waals surface area (Å²) in [5.74, 6) is -0.589. The molecule has 0 unspecified atom stereocenters. The molecule has 0 aliphatic rings. The topological polar surface area (TPSA) is 115 Å². The zero-order chi connectivity index (χ0) is 19.4. The van der Waals surface area contributed by atoms with E-state index >= 15 is 0 Å². The third kappa shape index (κ3) is 3.80. The van der Waals surface area contributed by atoms with Gasteiger partial charge in [0, 0.05) is 11.3 Å². The molecule has 3 N–H and O–H groups in total. The van der Waals surface area contributed by atoms with Crippen LogP contribution in [0, 0.1) is 11.3 Å². The van der Waals surface area contributed by atoms with Gasteiger partial charge in [-0.25, -0.2) is 9.78 Å². The summed E-state index contributed by atoms with van der Waals surface area (Å²) in [6.45, 7) is 0. The van der Waals surface area contributed by atoms with E-state index in [0.29, 0.717) is 16.9 Å². The number of anilines is 2. The predicted octanol–water partition coefficient (Wildman–Crippen LogP) is 3.78. The van der Waals surface area contributed by atoms with Crippen molar-refractivity contribution < 1.29 is 19.7 Å². The van der Waals surface area contributed by atoms with Gasteiger partial charge in [0.25, 0.3) is 0 Å². The summed E-state index contributed by atoms with van der Waals surface area (Å²) in [4.78, 5) is 15.7. The number of nitrogens with one attached hydrogen (secondary N) is 1. The summed E-state index contributed by atoms with van der Waals surface area (Å²) >= 11 is 0. The van der Waals surface area contributed by atoms with E-state index < -0.39 is 5.97 Å². The third-order valence-electron chi connectivity index (χ3n) is 3.89. The molecular formula is C20H15N3O4. The van der Waals surface area contributed by atoms with Crippen LogP contribution in [0.3, 0.4) is 0 Å². The number of carboxylic acid groups (broad SMARTS) is 1. The SMILES string of the molecule is COc1ccc(-c2ccc(C#N)c(Nc3ccc(O)c(C(=O)O)c3)n2)cc1. The van der Waals surface area contributed by atoms with Gasteiger partial charge in [-0.15, -0.1) is 0 Å². The molecule has 0 radical (unpaired) electrons. The van der Waals surface area contributed by atoms with Gasteiger partial charge in [-0.1, -0.05) is 0 Å². The Morgan fingerprint density at radius 1 is 1.15 bits per heavy atom. The second-order valence-electron chi connectivity index (χ2n) is 5.60. The van der Waals surface area contributed by atoms with Crippen LogP contribution < -0.4 is 10.1 Å². The smallest absolute Gasteiger partial charge is 0.339 e. The quantitative estimate of drug-likeness (QED) is 0.592. The Balaban J connectivity index is 1.98. The average Bonchev–Trinajstić information content (AvgIpc) is 2.69. The summed E-state index contributed by atoms with van der Waals surface area (Å²) in [6.07, 6.45) is 0. The minimum absolute atomic E-state index is 0.246. The van der Waals surface area contributed by atoms with Crippen LogP contribution in [0.15, 0.2) is 54.6 Å². The van der Waals surface area contributed by atoms with Crippen molar-refractivity contribution in [1.29, 1.82) is 5.26 Å². The van der Waals surface area contributed by atoms with E-state index in [1.807, 2.05) is 12.1 Å². The van der Waals surface area contributed by atoms with Gasteiger partial charge in [0.05, 0.1) is 18.4 Å². The molecule has 7 heteroatoms. The number of hydrogen-bond acceptors (Lipinski definition) is 6. The Hall–Kier alpha value is -4.05. The number of ether oxygens (including phenoxy) is 1. The Morgan fingerprint density at radius 3 is 2.52 bits per heavy atom. The van der Waals surface area contributed by atoms with Crippen molar-refractivity contribution in [2.45, 2.75) is 0 Å². The van der Waals surface area contributed by atoms with Crippen molar-refractivity contribution >= 4 is 17.5 Å². The fourth-order valence-corrected chi connectivity index (χ4v) is 2.49. The lowest BCUT2D eigenvalue weighted by atomic mass is 10.1. The largest absolute Gasteiger partial charge is 0.507 e. The van der Waals surface area contributed by atoms with E-state index in [9.17, 15) is 15.2 Å². The number of carboxylic acids is 1. The standard InChI is InChI=1S/C20H15N3O4/c1-27-15-6-2-12(3-7-15)17-8-4-13(11-21)19(23-17)22-14-5-9-18(24)16(10-14)20(25)26/h2-10,24H,1H3,(H,22,23)(H,25,26). The Labute approximate surface area is 155 Å². The van der Waals surface area contributed by atoms with Crippen molar-refractivity contribution in [2.24, 2.45) is 0 Å². The van der Waals surface area contributed by atoms with Crippen molar-refractivity contribution in [3.05, 3.63) is 65.7 Å². The molecule has 0 fully saturated rings. The van der Waals surface area contributed by atoms with E-state index in [4.69, 9.17) is 9.84 Å². The average molecular weight is 361 g/mol. The lowest BCUT2D eigenvalue weighted by Crippen LogP contribution is -2.01. The van der Waals surface area contributed by atoms with Crippen LogP contribution in [0.5, 0.6) is 11.5 Å². The lowest BCUT2D eigenvalue weighted by Gasteiger charge is -2.11. The summed E-state index contributed by atoms with van der Waals surface area (Å²) in [5, 5.41) is 31.0. The predicted molar refractivity (Wildman–Crippen MR) is 99.3 cm³/mol. The number of methoxy groups -OCH3 is 1. The lowest BCUT2D eigenvalue weighted by molar-refractivity contribution is 0.0694. The highest BCUT2D eigenvalue weighted by molar-refractivity contribution is 5.92. The number of benzene rings is 2. The molecule has 0 saturated carbocycles. The first-order valence-corrected chi connectivity index (χ1v) is 7.90. The van der Waals surface area contributed by atoms with E-state index in [2.05, 4.69) is 16.4 Å². The number of phenols is 1. The van der Waals surface area contributed by atoms with Gasteiger partial charge < -0.3 is 20.3 Å². The number of nitriles is 1. The number of nitrogens with zero attached hydrogens (tertiary/aromatic N) is 2. The number of hydrogen-bond donors (Lipinski definition) is 3. The highest BCUT2D eigenvalue weighted by atomic mass is 16.5. The Bertz CT molecular complexity index is 1040. The molecule has 0 spiro atoms. The van der Waals surface area contributed by atoms with Crippen LogP contribution in [0.1, 0.15) is 15.9 Å². The molecule has 1 heterocycles. The minimum Gasteiger partial charge on any atom is -0.507 e. The monoisotopic (exact) mass is 361 g/mol. The molecular weight excluding hydrogens is 346 g/mol. The normalized spacial score (nSPS) is 10.1. The van der Waals surface area contributed by atoms with E-state index in [0.717, 1.165) is 11.3 Å². The molecule has 1 aromatic heterocycles.